The lowest BCUT2D eigenvalue weighted by Crippen LogP contribution is -2.46. The number of hydrogen-bond donors (Lipinski definition) is 0. The van der Waals surface area contributed by atoms with Crippen LogP contribution in [0.25, 0.3) is 10.9 Å². The third-order valence-corrected chi connectivity index (χ3v) is 5.94. The summed E-state index contributed by atoms with van der Waals surface area (Å²) in [5.74, 6) is 1.11. The lowest BCUT2D eigenvalue weighted by Gasteiger charge is -2.35. The molecule has 2 saturated heterocycles. The summed E-state index contributed by atoms with van der Waals surface area (Å²) >= 11 is 0. The molecule has 146 valence electrons. The number of ether oxygens (including phenoxy) is 1. The first kappa shape index (κ1) is 17.7. The van der Waals surface area contributed by atoms with E-state index in [1.165, 1.54) is 22.9 Å². The zero-order chi connectivity index (χ0) is 18.8. The van der Waals surface area contributed by atoms with Crippen molar-refractivity contribution < 1.29 is 4.74 Å². The highest BCUT2D eigenvalue weighted by molar-refractivity contribution is 5.90. The van der Waals surface area contributed by atoms with Crippen molar-refractivity contribution in [2.45, 2.75) is 32.0 Å². The van der Waals surface area contributed by atoms with Crippen molar-refractivity contribution in [3.05, 3.63) is 60.2 Å². The van der Waals surface area contributed by atoms with Crippen LogP contribution < -0.4 is 4.90 Å². The zero-order valence-corrected chi connectivity index (χ0v) is 16.3. The van der Waals surface area contributed by atoms with Gasteiger partial charge in [-0.3, -0.25) is 4.90 Å². The van der Waals surface area contributed by atoms with E-state index in [0.717, 1.165) is 58.0 Å². The van der Waals surface area contributed by atoms with Crippen LogP contribution in [0, 0.1) is 0 Å². The van der Waals surface area contributed by atoms with Crippen molar-refractivity contribution in [2.75, 3.05) is 37.7 Å². The average molecular weight is 377 g/mol. The van der Waals surface area contributed by atoms with Gasteiger partial charge in [-0.15, -0.1) is 0 Å². The van der Waals surface area contributed by atoms with Crippen molar-refractivity contribution in [3.8, 4) is 0 Å². The molecule has 1 atom stereocenters. The average Bonchev–Trinajstić information content (AvgIpc) is 3.15. The summed E-state index contributed by atoms with van der Waals surface area (Å²) in [6, 6.07) is 19.4. The highest BCUT2D eigenvalue weighted by Gasteiger charge is 2.25. The van der Waals surface area contributed by atoms with Gasteiger partial charge >= 0.3 is 0 Å². The lowest BCUT2D eigenvalue weighted by molar-refractivity contribution is -0.0365. The van der Waals surface area contributed by atoms with Gasteiger partial charge in [0.25, 0.3) is 0 Å². The Bertz CT molecular complexity index is 909. The molecular weight excluding hydrogens is 348 g/mol. The Labute approximate surface area is 166 Å². The van der Waals surface area contributed by atoms with Crippen LogP contribution >= 0.6 is 0 Å². The molecule has 2 aliphatic heterocycles. The van der Waals surface area contributed by atoms with Gasteiger partial charge in [0, 0.05) is 44.7 Å². The van der Waals surface area contributed by atoms with Gasteiger partial charge < -0.3 is 9.64 Å². The molecule has 1 aromatic heterocycles. The van der Waals surface area contributed by atoms with Crippen LogP contribution in [0.15, 0.2) is 54.6 Å². The fraction of sp³-hybridized carbons (Fsp3) is 0.435. The standard InChI is InChI=1S/C23H28N4O/c1-2-8-19(9-3-1)18-25-13-15-26(16-14-25)23-20-10-4-5-11-21(20)27(24-23)22-12-6-7-17-28-22/h1-5,8-11,22H,6-7,12-18H2. The van der Waals surface area contributed by atoms with Crippen LogP contribution in [-0.4, -0.2) is 47.5 Å². The number of aromatic nitrogens is 2. The van der Waals surface area contributed by atoms with E-state index >= 15 is 0 Å². The molecule has 0 radical (unpaired) electrons. The van der Waals surface area contributed by atoms with Crippen molar-refractivity contribution in [2.24, 2.45) is 0 Å². The molecule has 0 saturated carbocycles. The number of benzene rings is 2. The maximum absolute atomic E-state index is 6.03. The first-order valence-electron chi connectivity index (χ1n) is 10.5. The number of rotatable bonds is 4. The molecule has 2 aromatic carbocycles. The van der Waals surface area contributed by atoms with Gasteiger partial charge in [0.1, 0.15) is 0 Å². The Morgan fingerprint density at radius 2 is 1.68 bits per heavy atom. The summed E-state index contributed by atoms with van der Waals surface area (Å²) in [4.78, 5) is 4.98. The Balaban J connectivity index is 1.34. The minimum absolute atomic E-state index is 0.0757. The van der Waals surface area contributed by atoms with Gasteiger partial charge in [-0.1, -0.05) is 42.5 Å². The largest absolute Gasteiger partial charge is 0.356 e. The molecule has 5 nitrogen and oxygen atoms in total. The van der Waals surface area contributed by atoms with Crippen molar-refractivity contribution in [1.29, 1.82) is 0 Å². The Kier molecular flexibility index (Phi) is 5.02. The molecule has 3 heterocycles. The van der Waals surface area contributed by atoms with Gasteiger partial charge in [-0.25, -0.2) is 4.68 Å². The monoisotopic (exact) mass is 376 g/mol. The second-order valence-electron chi connectivity index (χ2n) is 7.86. The second-order valence-corrected chi connectivity index (χ2v) is 7.86. The predicted octanol–water partition coefficient (Wildman–Crippen LogP) is 4.06. The van der Waals surface area contributed by atoms with E-state index in [-0.39, 0.29) is 6.23 Å². The van der Waals surface area contributed by atoms with Crippen LogP contribution in [0.1, 0.15) is 31.1 Å². The summed E-state index contributed by atoms with van der Waals surface area (Å²) in [5.41, 5.74) is 2.58. The molecule has 0 bridgehead atoms. The molecule has 3 aromatic rings. The van der Waals surface area contributed by atoms with Gasteiger partial charge in [0.05, 0.1) is 5.52 Å². The van der Waals surface area contributed by atoms with Crippen molar-refractivity contribution in [3.63, 3.8) is 0 Å². The lowest BCUT2D eigenvalue weighted by atomic mass is 10.1. The first-order valence-corrected chi connectivity index (χ1v) is 10.5. The summed E-state index contributed by atoms with van der Waals surface area (Å²) in [6.45, 7) is 6.02. The van der Waals surface area contributed by atoms with Crippen LogP contribution in [-0.2, 0) is 11.3 Å². The molecular formula is C23H28N4O. The van der Waals surface area contributed by atoms with Crippen molar-refractivity contribution in [1.82, 2.24) is 14.7 Å². The molecule has 2 fully saturated rings. The van der Waals surface area contributed by atoms with E-state index in [2.05, 4.69) is 69.1 Å². The van der Waals surface area contributed by atoms with Gasteiger partial charge in [-0.2, -0.15) is 5.10 Å². The number of nitrogens with zero attached hydrogens (tertiary/aromatic N) is 4. The molecule has 5 rings (SSSR count). The molecule has 1 unspecified atom stereocenters. The molecule has 0 aliphatic carbocycles. The number of hydrogen-bond acceptors (Lipinski definition) is 4. The highest BCUT2D eigenvalue weighted by atomic mass is 16.5. The smallest absolute Gasteiger partial charge is 0.158 e. The van der Waals surface area contributed by atoms with Crippen LogP contribution in [0.5, 0.6) is 0 Å². The van der Waals surface area contributed by atoms with Crippen LogP contribution in [0.3, 0.4) is 0 Å². The molecule has 28 heavy (non-hydrogen) atoms. The van der Waals surface area contributed by atoms with E-state index in [9.17, 15) is 0 Å². The summed E-state index contributed by atoms with van der Waals surface area (Å²) in [6.07, 6.45) is 3.50. The van der Waals surface area contributed by atoms with Crippen molar-refractivity contribution >= 4 is 16.7 Å². The van der Waals surface area contributed by atoms with Crippen LogP contribution in [0.2, 0.25) is 0 Å². The van der Waals surface area contributed by atoms with E-state index < -0.39 is 0 Å². The molecule has 2 aliphatic rings. The molecule has 5 heteroatoms. The maximum Gasteiger partial charge on any atom is 0.158 e. The minimum Gasteiger partial charge on any atom is -0.356 e. The number of anilines is 1. The normalized spacial score (nSPS) is 21.3. The minimum atomic E-state index is 0.0757. The Morgan fingerprint density at radius 1 is 0.893 bits per heavy atom. The molecule has 0 N–H and O–H groups in total. The Morgan fingerprint density at radius 3 is 2.46 bits per heavy atom. The Hall–Kier alpha value is -2.37. The van der Waals surface area contributed by atoms with E-state index in [1.54, 1.807) is 0 Å². The summed E-state index contributed by atoms with van der Waals surface area (Å²) in [7, 11) is 0. The third-order valence-electron chi connectivity index (χ3n) is 5.94. The molecule has 0 amide bonds. The fourth-order valence-corrected chi connectivity index (χ4v) is 4.40. The molecule has 0 spiro atoms. The second kappa shape index (κ2) is 7.94. The van der Waals surface area contributed by atoms with Gasteiger partial charge in [0.2, 0.25) is 0 Å². The first-order chi connectivity index (χ1) is 13.9. The number of para-hydroxylation sites is 1. The SMILES string of the molecule is c1ccc(CN2CCN(c3nn(C4CCCCO4)c4ccccc34)CC2)cc1. The maximum atomic E-state index is 6.03. The fourth-order valence-electron chi connectivity index (χ4n) is 4.40. The number of piperazine rings is 1. The zero-order valence-electron chi connectivity index (χ0n) is 16.3. The van der Waals surface area contributed by atoms with E-state index in [0.29, 0.717) is 0 Å². The quantitative estimate of drug-likeness (QED) is 0.688. The number of fused-ring (bicyclic) bond motifs is 1. The van der Waals surface area contributed by atoms with Crippen LogP contribution in [0.4, 0.5) is 5.82 Å². The third kappa shape index (κ3) is 3.52. The summed E-state index contributed by atoms with van der Waals surface area (Å²) < 4.78 is 8.16. The van der Waals surface area contributed by atoms with E-state index in [1.807, 2.05) is 0 Å². The predicted molar refractivity (Wildman–Crippen MR) is 113 cm³/mol. The topological polar surface area (TPSA) is 33.5 Å². The van der Waals surface area contributed by atoms with Gasteiger partial charge in [0.15, 0.2) is 12.0 Å². The summed E-state index contributed by atoms with van der Waals surface area (Å²) in [5, 5.41) is 6.29. The van der Waals surface area contributed by atoms with E-state index in [4.69, 9.17) is 9.84 Å². The van der Waals surface area contributed by atoms with Gasteiger partial charge in [-0.05, 0) is 37.0 Å². The highest BCUT2D eigenvalue weighted by Crippen LogP contribution is 2.32.